The van der Waals surface area contributed by atoms with E-state index >= 15 is 4.39 Å². The van der Waals surface area contributed by atoms with Gasteiger partial charge in [0.1, 0.15) is 23.9 Å². The van der Waals surface area contributed by atoms with Crippen LogP contribution in [0.1, 0.15) is 7.79 Å². The molecule has 4 aromatic rings. The largest absolute Gasteiger partial charge is 0.479 e. The van der Waals surface area contributed by atoms with Crippen molar-refractivity contribution >= 4 is 22.5 Å². The van der Waals surface area contributed by atoms with E-state index in [9.17, 15) is 8.78 Å². The van der Waals surface area contributed by atoms with Gasteiger partial charge in [0, 0.05) is 13.1 Å². The molecule has 36 heavy (non-hydrogen) atoms. The quantitative estimate of drug-likeness (QED) is 0.411. The van der Waals surface area contributed by atoms with Crippen molar-refractivity contribution in [3.8, 4) is 17.0 Å². The third kappa shape index (κ3) is 3.91. The number of hydrogen-bond donors (Lipinski definition) is 1. The van der Waals surface area contributed by atoms with Crippen molar-refractivity contribution in [3.63, 3.8) is 0 Å². The molecule has 13 heteroatoms. The van der Waals surface area contributed by atoms with Crippen LogP contribution in [0.15, 0.2) is 24.4 Å². The fourth-order valence-electron chi connectivity index (χ4n) is 4.81. The van der Waals surface area contributed by atoms with Crippen LogP contribution in [0.25, 0.3) is 27.7 Å². The third-order valence-electron chi connectivity index (χ3n) is 6.79. The van der Waals surface area contributed by atoms with Crippen molar-refractivity contribution in [1.29, 1.82) is 0 Å². The topological polar surface area (TPSA) is 94.6 Å². The van der Waals surface area contributed by atoms with E-state index in [4.69, 9.17) is 10.8 Å². The van der Waals surface area contributed by atoms with E-state index in [-0.39, 0.29) is 42.0 Å². The first-order valence-corrected chi connectivity index (χ1v) is 11.7. The number of anilines is 1. The fraction of sp³-hybridized carbons (Fsp3) is 0.478. The lowest BCUT2D eigenvalue weighted by Gasteiger charge is -2.42. The Bertz CT molecular complexity index is 1460. The first kappa shape index (κ1) is 21.8. The first-order valence-electron chi connectivity index (χ1n) is 12.2. The van der Waals surface area contributed by atoms with Crippen LogP contribution in [0.3, 0.4) is 0 Å². The monoisotopic (exact) mass is 503 g/mol. The Morgan fingerprint density at radius 3 is 2.92 bits per heavy atom. The van der Waals surface area contributed by atoms with E-state index in [1.54, 1.807) is 18.2 Å². The van der Waals surface area contributed by atoms with E-state index in [0.29, 0.717) is 42.8 Å². The third-order valence-corrected chi connectivity index (χ3v) is 6.79. The maximum absolute atomic E-state index is 15.5. The minimum absolute atomic E-state index is 0.00697. The van der Waals surface area contributed by atoms with Crippen LogP contribution in [0, 0.1) is 5.82 Å². The second kappa shape index (κ2) is 9.21. The molecule has 2 saturated heterocycles. The summed E-state index contributed by atoms with van der Waals surface area (Å²) in [6.45, 7) is 1.59. The van der Waals surface area contributed by atoms with Crippen LogP contribution in [-0.4, -0.2) is 92.8 Å². The highest BCUT2D eigenvalue weighted by atomic mass is 19.1. The molecule has 190 valence electrons. The number of benzene rings is 1. The molecule has 0 unspecified atom stereocenters. The van der Waals surface area contributed by atoms with Gasteiger partial charge >= 0.3 is 0 Å². The van der Waals surface area contributed by atoms with Gasteiger partial charge in [0.05, 0.1) is 57.6 Å². The lowest BCUT2D eigenvalue weighted by Crippen LogP contribution is -2.57. The van der Waals surface area contributed by atoms with Gasteiger partial charge in [-0.15, -0.1) is 10.2 Å². The zero-order valence-electron chi connectivity index (χ0n) is 20.5. The van der Waals surface area contributed by atoms with E-state index in [2.05, 4.69) is 30.6 Å². The molecule has 1 aromatic carbocycles. The molecule has 2 aliphatic heterocycles. The normalized spacial score (nSPS) is 21.6. The van der Waals surface area contributed by atoms with Crippen molar-refractivity contribution in [1.82, 2.24) is 34.5 Å². The molecule has 0 bridgehead atoms. The van der Waals surface area contributed by atoms with Gasteiger partial charge in [-0.1, -0.05) is 11.3 Å². The van der Waals surface area contributed by atoms with E-state index < -0.39 is 30.9 Å². The highest BCUT2D eigenvalue weighted by Crippen LogP contribution is 2.35. The van der Waals surface area contributed by atoms with Crippen LogP contribution >= 0.6 is 0 Å². The number of nitrogens with zero attached hydrogens (tertiary/aromatic N) is 7. The average molecular weight is 504 g/mol. The van der Waals surface area contributed by atoms with Crippen molar-refractivity contribution in [2.75, 3.05) is 45.4 Å². The number of aryl methyl sites for hydroxylation is 1. The Hall–Kier alpha value is -3.45. The van der Waals surface area contributed by atoms with Gasteiger partial charge in [0.2, 0.25) is 11.8 Å². The Morgan fingerprint density at radius 2 is 2.19 bits per heavy atom. The molecule has 10 nitrogen and oxygen atoms in total. The molecular weight excluding hydrogens is 477 g/mol. The second-order valence-electron chi connectivity index (χ2n) is 8.95. The van der Waals surface area contributed by atoms with E-state index in [1.165, 1.54) is 11.8 Å². The van der Waals surface area contributed by atoms with Crippen molar-refractivity contribution in [3.05, 3.63) is 30.2 Å². The van der Waals surface area contributed by atoms with Crippen LogP contribution in [-0.2, 0) is 11.3 Å². The van der Waals surface area contributed by atoms with Gasteiger partial charge < -0.3 is 14.8 Å². The molecule has 5 heterocycles. The minimum atomic E-state index is -1.17. The number of alkyl halides is 2. The highest BCUT2D eigenvalue weighted by Gasteiger charge is 2.36. The fourth-order valence-corrected chi connectivity index (χ4v) is 4.81. The maximum atomic E-state index is 15.5. The molecule has 1 N–H and O–H groups in total. The van der Waals surface area contributed by atoms with Gasteiger partial charge in [-0.25, -0.2) is 22.4 Å². The van der Waals surface area contributed by atoms with Crippen molar-refractivity contribution in [2.45, 2.75) is 31.2 Å². The van der Waals surface area contributed by atoms with Crippen LogP contribution in [0.2, 0.25) is 0 Å². The maximum Gasteiger partial charge on any atom is 0.244 e. The highest BCUT2D eigenvalue weighted by molar-refractivity contribution is 5.89. The summed E-state index contributed by atoms with van der Waals surface area (Å²) in [6, 6.07) is 4.62. The summed E-state index contributed by atoms with van der Waals surface area (Å²) in [5, 5.41) is 15.3. The Balaban J connectivity index is 1.35. The number of piperidine rings is 1. The summed E-state index contributed by atoms with van der Waals surface area (Å²) in [5.41, 5.74) is 1.66. The lowest BCUT2D eigenvalue weighted by molar-refractivity contribution is -0.0794. The molecule has 2 atom stereocenters. The molecule has 0 aliphatic carbocycles. The zero-order valence-corrected chi connectivity index (χ0v) is 19.5. The predicted octanol–water partition coefficient (Wildman–Crippen LogP) is 2.48. The van der Waals surface area contributed by atoms with Gasteiger partial charge in [0.25, 0.3) is 0 Å². The SMILES string of the molecule is [2H]c1c(F)c(-c2ccc3nnn(CCF)c3c2)c2c(OC)nc(N[C@H]3CCN(C4COC4)C[C@@H]3F)nn12. The van der Waals surface area contributed by atoms with E-state index in [1.807, 2.05) is 0 Å². The first-order chi connectivity index (χ1) is 18.0. The molecule has 0 amide bonds. The number of rotatable bonds is 7. The minimum Gasteiger partial charge on any atom is -0.479 e. The molecule has 0 saturated carbocycles. The van der Waals surface area contributed by atoms with Gasteiger partial charge in [-0.3, -0.25) is 4.90 Å². The second-order valence-corrected chi connectivity index (χ2v) is 8.95. The van der Waals surface area contributed by atoms with Crippen LogP contribution in [0.4, 0.5) is 19.1 Å². The Kier molecular flexibility index (Phi) is 5.58. The number of aromatic nitrogens is 6. The molecule has 3 aromatic heterocycles. The van der Waals surface area contributed by atoms with Crippen LogP contribution < -0.4 is 10.1 Å². The standard InChI is InChI=1S/C23H25F3N8O2/c1-35-22-21-20(13-2-3-18-19(8-13)33(7-5-24)31-29-18)16(26)10-34(21)30-23(28-22)27-17-4-6-32(9-15(17)25)14-11-36-12-14/h2-3,8,10,14-15,17H,4-7,9,11-12H2,1H3,(H,27,30)/t15-,17-/m0/s1/i10D. The Labute approximate surface area is 205 Å². The number of likely N-dealkylation sites (tertiary alicyclic amines) is 1. The summed E-state index contributed by atoms with van der Waals surface area (Å²) >= 11 is 0. The number of fused-ring (bicyclic) bond motifs is 2. The Morgan fingerprint density at radius 1 is 1.33 bits per heavy atom. The number of hydrogen-bond acceptors (Lipinski definition) is 8. The smallest absolute Gasteiger partial charge is 0.244 e. The number of nitrogens with one attached hydrogen (secondary N) is 1. The molecule has 2 fully saturated rings. The molecule has 6 rings (SSSR count). The van der Waals surface area contributed by atoms with Crippen LogP contribution in [0.5, 0.6) is 5.88 Å². The predicted molar refractivity (Wildman–Crippen MR) is 125 cm³/mol. The van der Waals surface area contributed by atoms with Crippen molar-refractivity contribution in [2.24, 2.45) is 0 Å². The molecular formula is C23H25F3N8O2. The summed E-state index contributed by atoms with van der Waals surface area (Å²) in [6.07, 6.45) is -1.14. The summed E-state index contributed by atoms with van der Waals surface area (Å²) < 4.78 is 64.9. The molecule has 2 aliphatic rings. The summed E-state index contributed by atoms with van der Waals surface area (Å²) in [5.74, 6) is -0.763. The van der Waals surface area contributed by atoms with Gasteiger partial charge in [0.15, 0.2) is 5.82 Å². The lowest BCUT2D eigenvalue weighted by atomic mass is 10.0. The van der Waals surface area contributed by atoms with Crippen molar-refractivity contribution < 1.29 is 24.0 Å². The summed E-state index contributed by atoms with van der Waals surface area (Å²) in [4.78, 5) is 6.46. The average Bonchev–Trinajstić information content (AvgIpc) is 3.37. The number of methoxy groups -OCH3 is 1. The van der Waals surface area contributed by atoms with Gasteiger partial charge in [-0.05, 0) is 24.1 Å². The number of ether oxygens (including phenoxy) is 2. The van der Waals surface area contributed by atoms with E-state index in [0.717, 1.165) is 4.52 Å². The number of halogens is 3. The summed E-state index contributed by atoms with van der Waals surface area (Å²) in [7, 11) is 1.38. The molecule has 0 spiro atoms. The van der Waals surface area contributed by atoms with Gasteiger partial charge in [-0.2, -0.15) is 4.98 Å². The molecule has 0 radical (unpaired) electrons. The zero-order chi connectivity index (χ0) is 25.7.